The second-order valence-electron chi connectivity index (χ2n) is 6.81. The van der Waals surface area contributed by atoms with Crippen LogP contribution in [0.1, 0.15) is 6.42 Å². The molecule has 1 heterocycles. The maximum atomic E-state index is 14.0. The first-order valence-electron chi connectivity index (χ1n) is 9.06. The van der Waals surface area contributed by atoms with E-state index in [0.717, 1.165) is 0 Å². The van der Waals surface area contributed by atoms with Gasteiger partial charge in [-0.05, 0) is 38.4 Å². The lowest BCUT2D eigenvalue weighted by molar-refractivity contribution is -0.118. The summed E-state index contributed by atoms with van der Waals surface area (Å²) in [4.78, 5) is 20.8. The van der Waals surface area contributed by atoms with Gasteiger partial charge in [-0.3, -0.25) is 9.69 Å². The minimum absolute atomic E-state index is 0. The van der Waals surface area contributed by atoms with Crippen LogP contribution in [0.15, 0.2) is 53.4 Å². The summed E-state index contributed by atoms with van der Waals surface area (Å²) in [5.74, 6) is -1.10. The lowest BCUT2D eigenvalue weighted by atomic mass is 10.3. The van der Waals surface area contributed by atoms with Gasteiger partial charge in [0, 0.05) is 19.5 Å². The highest BCUT2D eigenvalue weighted by atomic mass is 35.5. The maximum Gasteiger partial charge on any atom is 0.229 e. The van der Waals surface area contributed by atoms with Gasteiger partial charge in [-0.1, -0.05) is 35.6 Å². The van der Waals surface area contributed by atoms with Crippen LogP contribution in [0.2, 0.25) is 0 Å². The Hall–Kier alpha value is -2.07. The summed E-state index contributed by atoms with van der Waals surface area (Å²) in [6, 6.07) is 12.7. The number of fused-ring (bicyclic) bond motifs is 1. The van der Waals surface area contributed by atoms with Gasteiger partial charge in [-0.25, -0.2) is 17.8 Å². The molecule has 1 amide bonds. The third-order valence-electron chi connectivity index (χ3n) is 4.35. The molecule has 0 atom stereocenters. The number of nitrogens with zero attached hydrogens (tertiary/aromatic N) is 3. The summed E-state index contributed by atoms with van der Waals surface area (Å²) < 4.78 is 39.7. The van der Waals surface area contributed by atoms with Crippen LogP contribution in [-0.4, -0.2) is 57.1 Å². The van der Waals surface area contributed by atoms with E-state index in [4.69, 9.17) is 0 Å². The Morgan fingerprint density at radius 2 is 1.77 bits per heavy atom. The van der Waals surface area contributed by atoms with Crippen molar-refractivity contribution in [1.82, 2.24) is 9.88 Å². The van der Waals surface area contributed by atoms with E-state index in [2.05, 4.69) is 4.98 Å². The normalized spacial score (nSPS) is 11.5. The largest absolute Gasteiger partial charge is 0.308 e. The van der Waals surface area contributed by atoms with Gasteiger partial charge in [0.2, 0.25) is 5.91 Å². The molecule has 0 unspecified atom stereocenters. The van der Waals surface area contributed by atoms with Gasteiger partial charge in [0.1, 0.15) is 11.3 Å². The highest BCUT2D eigenvalue weighted by Gasteiger charge is 2.23. The summed E-state index contributed by atoms with van der Waals surface area (Å²) in [5, 5.41) is 0.369. The highest BCUT2D eigenvalue weighted by Crippen LogP contribution is 2.30. The quantitative estimate of drug-likeness (QED) is 0.502. The summed E-state index contributed by atoms with van der Waals surface area (Å²) in [5.41, 5.74) is 0.215. The van der Waals surface area contributed by atoms with Gasteiger partial charge in [0.25, 0.3) is 0 Å². The number of rotatable bonds is 8. The molecule has 0 aliphatic heterocycles. The minimum atomic E-state index is -3.57. The van der Waals surface area contributed by atoms with Crippen molar-refractivity contribution in [3.63, 3.8) is 0 Å². The van der Waals surface area contributed by atoms with E-state index in [0.29, 0.717) is 22.9 Å². The number of halogens is 2. The molecule has 10 heteroatoms. The molecule has 0 aliphatic rings. The Morgan fingerprint density at radius 3 is 2.40 bits per heavy atom. The number of carbonyl (C=O) groups is 1. The average Bonchev–Trinajstić information content (AvgIpc) is 3.12. The van der Waals surface area contributed by atoms with E-state index in [1.807, 2.05) is 19.0 Å². The first-order valence-corrected chi connectivity index (χ1v) is 11.5. The predicted octanol–water partition coefficient (Wildman–Crippen LogP) is 3.62. The number of hydrogen-bond donors (Lipinski definition) is 0. The molecule has 0 spiro atoms. The smallest absolute Gasteiger partial charge is 0.229 e. The predicted molar refractivity (Wildman–Crippen MR) is 121 cm³/mol. The summed E-state index contributed by atoms with van der Waals surface area (Å²) in [6.45, 7) is 0.897. The Labute approximate surface area is 185 Å². The van der Waals surface area contributed by atoms with E-state index in [-0.39, 0.29) is 40.9 Å². The molecule has 0 radical (unpaired) electrons. The number of anilines is 1. The number of likely N-dealkylation sites (N-methyl/N-ethyl adjacent to an activating group) is 1. The average molecular weight is 472 g/mol. The monoisotopic (exact) mass is 471 g/mol. The van der Waals surface area contributed by atoms with Gasteiger partial charge in [-0.15, -0.1) is 12.4 Å². The Balaban J connectivity index is 0.00000320. The Kier molecular flexibility index (Phi) is 8.31. The van der Waals surface area contributed by atoms with Crippen molar-refractivity contribution in [2.75, 3.05) is 37.8 Å². The van der Waals surface area contributed by atoms with Crippen molar-refractivity contribution in [1.29, 1.82) is 0 Å². The fourth-order valence-corrected chi connectivity index (χ4v) is 5.02. The zero-order chi connectivity index (χ0) is 21.0. The zero-order valence-corrected chi connectivity index (χ0v) is 19.1. The number of hydrogen-bond acceptors (Lipinski definition) is 6. The second kappa shape index (κ2) is 10.3. The lowest BCUT2D eigenvalue weighted by Crippen LogP contribution is -2.37. The van der Waals surface area contributed by atoms with Crippen LogP contribution in [0.3, 0.4) is 0 Å². The molecular formula is C20H23ClFN3O3S2. The van der Waals surface area contributed by atoms with E-state index in [1.165, 1.54) is 34.4 Å². The molecule has 0 saturated heterocycles. The summed E-state index contributed by atoms with van der Waals surface area (Å²) in [6.07, 6.45) is -0.178. The minimum Gasteiger partial charge on any atom is -0.308 e. The molecule has 0 fully saturated rings. The van der Waals surface area contributed by atoms with Crippen LogP contribution in [0.4, 0.5) is 9.52 Å². The van der Waals surface area contributed by atoms with Gasteiger partial charge in [-0.2, -0.15) is 0 Å². The summed E-state index contributed by atoms with van der Waals surface area (Å²) in [7, 11) is 0.182. The van der Waals surface area contributed by atoms with Gasteiger partial charge < -0.3 is 4.90 Å². The van der Waals surface area contributed by atoms with Crippen molar-refractivity contribution in [3.05, 3.63) is 54.3 Å². The maximum absolute atomic E-state index is 14.0. The van der Waals surface area contributed by atoms with E-state index >= 15 is 0 Å². The number of aromatic nitrogens is 1. The molecule has 0 saturated carbocycles. The topological polar surface area (TPSA) is 70.6 Å². The van der Waals surface area contributed by atoms with E-state index < -0.39 is 15.7 Å². The molecule has 30 heavy (non-hydrogen) atoms. The van der Waals surface area contributed by atoms with Gasteiger partial charge >= 0.3 is 0 Å². The fraction of sp³-hybridized carbons (Fsp3) is 0.300. The van der Waals surface area contributed by atoms with Crippen LogP contribution in [0.25, 0.3) is 10.2 Å². The fourth-order valence-electron chi connectivity index (χ4n) is 2.75. The van der Waals surface area contributed by atoms with Crippen LogP contribution >= 0.6 is 23.7 Å². The van der Waals surface area contributed by atoms with Gasteiger partial charge in [0.15, 0.2) is 15.0 Å². The van der Waals surface area contributed by atoms with Crippen molar-refractivity contribution >= 4 is 54.8 Å². The highest BCUT2D eigenvalue weighted by molar-refractivity contribution is 7.91. The number of thiazole rings is 1. The molecule has 0 bridgehead atoms. The van der Waals surface area contributed by atoms with Crippen LogP contribution < -0.4 is 4.90 Å². The number of sulfone groups is 1. The Morgan fingerprint density at radius 1 is 1.07 bits per heavy atom. The zero-order valence-electron chi connectivity index (χ0n) is 16.6. The van der Waals surface area contributed by atoms with Gasteiger partial charge in [0.05, 0.1) is 15.3 Å². The van der Waals surface area contributed by atoms with Crippen LogP contribution in [0, 0.1) is 5.82 Å². The molecule has 3 aromatic rings. The number of benzene rings is 2. The molecule has 1 aromatic heterocycles. The molecule has 0 N–H and O–H groups in total. The van der Waals surface area contributed by atoms with Crippen molar-refractivity contribution in [2.24, 2.45) is 0 Å². The molecule has 3 rings (SSSR count). The number of para-hydroxylation sites is 1. The first-order chi connectivity index (χ1) is 13.8. The van der Waals surface area contributed by atoms with Crippen molar-refractivity contribution in [3.8, 4) is 0 Å². The third kappa shape index (κ3) is 5.75. The van der Waals surface area contributed by atoms with Crippen molar-refractivity contribution in [2.45, 2.75) is 11.3 Å². The molecular weight excluding hydrogens is 449 g/mol. The SMILES string of the molecule is CN(C)CCN(C(=O)CCS(=O)(=O)c1ccccc1)c1nc2c(F)cccc2s1.Cl. The molecule has 2 aromatic carbocycles. The van der Waals surface area contributed by atoms with E-state index in [1.54, 1.807) is 30.3 Å². The lowest BCUT2D eigenvalue weighted by Gasteiger charge is -2.22. The Bertz CT molecular complexity index is 1100. The van der Waals surface area contributed by atoms with Crippen molar-refractivity contribution < 1.29 is 17.6 Å². The first kappa shape index (κ1) is 24.2. The standard InChI is InChI=1S/C20H22FN3O3S2.ClH/c1-23(2)12-13-24(20-22-19-16(21)9-6-10-17(19)28-20)18(25)11-14-29(26,27)15-7-4-3-5-8-15;/h3-10H,11-14H2,1-2H3;1H. The molecule has 0 aliphatic carbocycles. The van der Waals surface area contributed by atoms with Crippen LogP contribution in [-0.2, 0) is 14.6 Å². The number of amides is 1. The molecule has 6 nitrogen and oxygen atoms in total. The summed E-state index contributed by atoms with van der Waals surface area (Å²) >= 11 is 1.22. The second-order valence-corrected chi connectivity index (χ2v) is 9.93. The van der Waals surface area contributed by atoms with E-state index in [9.17, 15) is 17.6 Å². The van der Waals surface area contributed by atoms with Crippen LogP contribution in [0.5, 0.6) is 0 Å². The molecule has 162 valence electrons. The third-order valence-corrected chi connectivity index (χ3v) is 7.12. The number of carbonyl (C=O) groups excluding carboxylic acids is 1.